The minimum absolute atomic E-state index is 0.0611. The van der Waals surface area contributed by atoms with Crippen LogP contribution in [0.3, 0.4) is 0 Å². The lowest BCUT2D eigenvalue weighted by Crippen LogP contribution is -2.42. The van der Waals surface area contributed by atoms with Crippen LogP contribution in [0.1, 0.15) is 240 Å². The molecule has 0 aliphatic heterocycles. The van der Waals surface area contributed by atoms with Crippen molar-refractivity contribution >= 4 is 64.3 Å². The van der Waals surface area contributed by atoms with Crippen LogP contribution in [0.15, 0.2) is 0 Å². The molecule has 14 N–H and O–H groups in total. The van der Waals surface area contributed by atoms with Crippen molar-refractivity contribution in [2.75, 3.05) is 0 Å². The van der Waals surface area contributed by atoms with Crippen LogP contribution < -0.4 is 0 Å². The number of aliphatic hydroxyl groups excluding tert-OH is 6. The quantitative estimate of drug-likeness (QED) is 0.0107. The normalized spacial score (nSPS) is 15.4. The van der Waals surface area contributed by atoms with Gasteiger partial charge in [-0.1, -0.05) is 135 Å². The highest BCUT2D eigenvalue weighted by Crippen LogP contribution is 2.22. The third kappa shape index (κ3) is 51.7. The molecule has 0 spiro atoms. The van der Waals surface area contributed by atoms with Gasteiger partial charge in [0.15, 0.2) is 0 Å². The first-order valence-corrected chi connectivity index (χ1v) is 34.8. The van der Waals surface area contributed by atoms with Gasteiger partial charge >= 0.3 is 23.9 Å². The maximum Gasteiger partial charge on any atom is 0.342 e. The molecule has 0 saturated heterocycles. The molecular formula is C51H102O30S4. The van der Waals surface area contributed by atoms with Gasteiger partial charge in [-0.15, -0.1) is 0 Å². The van der Waals surface area contributed by atoms with Gasteiger partial charge in [-0.05, 0) is 78.6 Å². The van der Waals surface area contributed by atoms with Crippen molar-refractivity contribution in [3.63, 3.8) is 0 Å². The van der Waals surface area contributed by atoms with Crippen molar-refractivity contribution in [2.45, 2.75) is 297 Å². The molecule has 85 heavy (non-hydrogen) atoms. The summed E-state index contributed by atoms with van der Waals surface area (Å²) < 4.78 is 124. The topological polar surface area (TPSA) is 525 Å². The lowest BCUT2D eigenvalue weighted by molar-refractivity contribution is -0.234. The van der Waals surface area contributed by atoms with Crippen molar-refractivity contribution in [2.24, 2.45) is 0 Å². The minimum atomic E-state index is -4.46. The molecule has 0 aromatic rings. The molecule has 0 aromatic carbocycles. The van der Waals surface area contributed by atoms with E-state index in [0.29, 0.717) is 96.3 Å². The standard InChI is InChI=1S/C18H36O8S.C11H22O8S.2C11H22O7S/c1-2-3-4-6-9-12-15(19)18(21)16(27(23,24)25)13-10-7-5-8-11-14-17(20)26-22;1-8(20(16,17)18)11(14)9(12)6-4-2-3-5-7-10(13)19-15;1-9(19(15,16)17)10(12)7-5-3-2-4-6-8-11(13)18-14;1-9(12)10(19(15,16)17)7-5-3-2-4-6-8-11(13)18-14/h15-16,18-19,21-22H,2-14H2,1H3,(H,23,24,25);8-9,11-12,14-15H,2-7H2,1H3,(H,16,17,18);2*9-10,12,14H,2-8H2,1H3,(H,15,16,17). The Morgan fingerprint density at radius 1 is 0.318 bits per heavy atom. The van der Waals surface area contributed by atoms with E-state index in [4.69, 9.17) is 34.7 Å². The fourth-order valence-corrected chi connectivity index (χ4v) is 11.2. The van der Waals surface area contributed by atoms with Crippen LogP contribution in [-0.2, 0) is 79.2 Å². The molecular weight excluding hydrogens is 1220 g/mol. The predicted octanol–water partition coefficient (Wildman–Crippen LogP) is 6.15. The summed E-state index contributed by atoms with van der Waals surface area (Å²) in [6.45, 7) is 5.81. The molecule has 34 heteroatoms. The maximum absolute atomic E-state index is 11.6. The van der Waals surface area contributed by atoms with E-state index in [2.05, 4.69) is 26.5 Å². The Morgan fingerprint density at radius 2 is 0.565 bits per heavy atom. The zero-order valence-electron chi connectivity index (χ0n) is 49.5. The van der Waals surface area contributed by atoms with Crippen molar-refractivity contribution in [3.8, 4) is 0 Å². The maximum atomic E-state index is 11.6. The number of unbranched alkanes of at least 4 members (excludes halogenated alkanes) is 19. The van der Waals surface area contributed by atoms with Crippen LogP contribution in [0.25, 0.3) is 0 Å². The Labute approximate surface area is 501 Å². The van der Waals surface area contributed by atoms with E-state index in [9.17, 15) is 88.0 Å². The highest BCUT2D eigenvalue weighted by atomic mass is 32.2. The van der Waals surface area contributed by atoms with E-state index in [0.717, 1.165) is 77.6 Å². The summed E-state index contributed by atoms with van der Waals surface area (Å²) in [5.41, 5.74) is 0. The number of carbonyl (C=O) groups is 4. The molecule has 0 rings (SSSR count). The summed E-state index contributed by atoms with van der Waals surface area (Å²) in [4.78, 5) is 56.6. The molecule has 10 atom stereocenters. The summed E-state index contributed by atoms with van der Waals surface area (Å²) in [6.07, 6.45) is 11.5. The van der Waals surface area contributed by atoms with Crippen LogP contribution >= 0.6 is 0 Å². The highest BCUT2D eigenvalue weighted by molar-refractivity contribution is 7.87. The second-order valence-corrected chi connectivity index (χ2v) is 27.7. The molecule has 0 amide bonds. The van der Waals surface area contributed by atoms with E-state index < -0.39 is 122 Å². The van der Waals surface area contributed by atoms with Gasteiger partial charge in [0, 0.05) is 25.7 Å². The average molecular weight is 1320 g/mol. The smallest absolute Gasteiger partial charge is 0.342 e. The summed E-state index contributed by atoms with van der Waals surface area (Å²) in [6, 6.07) is 0. The van der Waals surface area contributed by atoms with Gasteiger partial charge in [0.05, 0.1) is 36.6 Å². The van der Waals surface area contributed by atoms with Gasteiger partial charge in [0.25, 0.3) is 40.5 Å². The zero-order valence-corrected chi connectivity index (χ0v) is 52.8. The lowest BCUT2D eigenvalue weighted by atomic mass is 9.99. The number of hydrogen-bond donors (Lipinski definition) is 14. The van der Waals surface area contributed by atoms with Gasteiger partial charge in [0.2, 0.25) is 0 Å². The zero-order chi connectivity index (χ0) is 66.2. The largest absolute Gasteiger partial charge is 0.392 e. The van der Waals surface area contributed by atoms with Crippen molar-refractivity contribution in [1.29, 1.82) is 0 Å². The Balaban J connectivity index is -0.000000521. The first kappa shape index (κ1) is 88.5. The van der Waals surface area contributed by atoms with Crippen molar-refractivity contribution in [1.82, 2.24) is 0 Å². The molecule has 0 saturated carbocycles. The van der Waals surface area contributed by atoms with E-state index in [1.165, 1.54) is 13.8 Å². The molecule has 0 radical (unpaired) electrons. The van der Waals surface area contributed by atoms with Crippen molar-refractivity contribution < 1.29 is 142 Å². The Bertz CT molecular complexity index is 2160. The third-order valence-electron chi connectivity index (χ3n) is 13.7. The molecule has 10 unspecified atom stereocenters. The number of aliphatic hydroxyl groups is 6. The van der Waals surface area contributed by atoms with Gasteiger partial charge in [0.1, 0.15) is 21.0 Å². The van der Waals surface area contributed by atoms with Gasteiger partial charge in [-0.3, -0.25) is 18.2 Å². The second kappa shape index (κ2) is 51.9. The van der Waals surface area contributed by atoms with E-state index in [1.54, 1.807) is 0 Å². The summed E-state index contributed by atoms with van der Waals surface area (Å²) >= 11 is 0. The van der Waals surface area contributed by atoms with Crippen LogP contribution in [0, 0.1) is 0 Å². The van der Waals surface area contributed by atoms with E-state index >= 15 is 0 Å². The molecule has 0 aromatic heterocycles. The predicted molar refractivity (Wildman–Crippen MR) is 307 cm³/mol. The first-order valence-electron chi connectivity index (χ1n) is 28.8. The first-order chi connectivity index (χ1) is 39.5. The van der Waals surface area contributed by atoms with E-state index in [-0.39, 0.29) is 44.9 Å². The molecule has 510 valence electrons. The monoisotopic (exact) mass is 1320 g/mol. The van der Waals surface area contributed by atoms with Gasteiger partial charge in [-0.2, -0.15) is 54.7 Å². The molecule has 30 nitrogen and oxygen atoms in total. The van der Waals surface area contributed by atoms with Crippen molar-refractivity contribution in [3.05, 3.63) is 0 Å². The van der Waals surface area contributed by atoms with Crippen LogP contribution in [0.2, 0.25) is 0 Å². The SMILES string of the molecule is CC(C(O)C(O)CCCCCCC(=O)OO)S(=O)(=O)O.CC(C(O)CCCCCCCC(=O)OO)S(=O)(=O)O.CC(O)C(CCCCCCCC(=O)OO)S(=O)(=O)O.CCCCCCCC(O)C(O)C(CCCCCCCC(=O)OO)S(=O)(=O)O. The average Bonchev–Trinajstić information content (AvgIpc) is 3.54. The molecule has 0 fully saturated rings. The van der Waals surface area contributed by atoms with Gasteiger partial charge < -0.3 is 50.2 Å². The van der Waals surface area contributed by atoms with Crippen LogP contribution in [0.4, 0.5) is 0 Å². The van der Waals surface area contributed by atoms with Gasteiger partial charge in [-0.25, -0.2) is 19.2 Å². The molecule has 0 bridgehead atoms. The lowest BCUT2D eigenvalue weighted by Gasteiger charge is -2.24. The second-order valence-electron chi connectivity index (χ2n) is 20.9. The van der Waals surface area contributed by atoms with E-state index in [1.807, 2.05) is 0 Å². The number of hydrogen-bond acceptors (Lipinski definition) is 26. The van der Waals surface area contributed by atoms with Crippen LogP contribution in [-0.4, -0.2) is 185 Å². The molecule has 0 aliphatic carbocycles. The number of carbonyl (C=O) groups excluding carboxylic acids is 4. The fourth-order valence-electron chi connectivity index (χ4n) is 8.21. The van der Waals surface area contributed by atoms with Crippen LogP contribution in [0.5, 0.6) is 0 Å². The molecule has 0 heterocycles. The fraction of sp³-hybridized carbons (Fsp3) is 0.922. The summed E-state index contributed by atoms with van der Waals surface area (Å²) in [5, 5.41) is 85.2. The third-order valence-corrected chi connectivity index (χ3v) is 18.8. The Hall–Kier alpha value is -2.88. The Morgan fingerprint density at radius 3 is 0.835 bits per heavy atom. The molecule has 0 aliphatic rings. The minimum Gasteiger partial charge on any atom is -0.392 e. The Kier molecular flexibility index (Phi) is 54.1. The summed E-state index contributed by atoms with van der Waals surface area (Å²) in [7, 11) is -17.2. The number of rotatable bonds is 47. The highest BCUT2D eigenvalue weighted by Gasteiger charge is 2.35. The summed E-state index contributed by atoms with van der Waals surface area (Å²) in [5.74, 6) is -2.71.